The first-order chi connectivity index (χ1) is 9.66. The molecule has 0 atom stereocenters. The second-order valence-electron chi connectivity index (χ2n) is 4.50. The Hall–Kier alpha value is -2.00. The summed E-state index contributed by atoms with van der Waals surface area (Å²) >= 11 is 1.55. The molecule has 2 rings (SSSR count). The number of nitrogens with one attached hydrogen (secondary N) is 1. The summed E-state index contributed by atoms with van der Waals surface area (Å²) in [5.74, 6) is -0.0669. The van der Waals surface area contributed by atoms with Crippen molar-refractivity contribution in [3.63, 3.8) is 0 Å². The van der Waals surface area contributed by atoms with Gasteiger partial charge >= 0.3 is 0 Å². The molecule has 2 nitrogen and oxygen atoms in total. The molecule has 1 amide bonds. The van der Waals surface area contributed by atoms with Crippen LogP contribution in [0.3, 0.4) is 0 Å². The van der Waals surface area contributed by atoms with Crippen LogP contribution in [-0.4, -0.2) is 5.91 Å². The molecule has 2 aromatic rings. The zero-order valence-corrected chi connectivity index (χ0v) is 12.4. The van der Waals surface area contributed by atoms with Crippen LogP contribution in [0.1, 0.15) is 12.5 Å². The normalized spacial score (nSPS) is 11.2. The van der Waals surface area contributed by atoms with Crippen molar-refractivity contribution < 1.29 is 4.79 Å². The largest absolute Gasteiger partial charge is 0.322 e. The molecular weight excluding hydrogens is 266 g/mol. The Labute approximate surface area is 123 Å². The van der Waals surface area contributed by atoms with E-state index < -0.39 is 0 Å². The SMILES string of the molecule is CC(=CSc1ccccc1)C(=O)Nc1ccccc1C. The van der Waals surface area contributed by atoms with Crippen LogP contribution < -0.4 is 5.32 Å². The summed E-state index contributed by atoms with van der Waals surface area (Å²) in [5.41, 5.74) is 2.61. The number of rotatable bonds is 4. The van der Waals surface area contributed by atoms with E-state index >= 15 is 0 Å². The van der Waals surface area contributed by atoms with Gasteiger partial charge in [-0.15, -0.1) is 0 Å². The minimum absolute atomic E-state index is 0.0669. The molecule has 1 N–H and O–H groups in total. The molecule has 0 bridgehead atoms. The summed E-state index contributed by atoms with van der Waals surface area (Å²) < 4.78 is 0. The average Bonchev–Trinajstić information content (AvgIpc) is 2.48. The molecule has 0 aliphatic rings. The minimum atomic E-state index is -0.0669. The third-order valence-corrected chi connectivity index (χ3v) is 3.88. The summed E-state index contributed by atoms with van der Waals surface area (Å²) in [4.78, 5) is 13.2. The van der Waals surface area contributed by atoms with Gasteiger partial charge in [0.1, 0.15) is 0 Å². The lowest BCUT2D eigenvalue weighted by Crippen LogP contribution is -2.13. The van der Waals surface area contributed by atoms with E-state index in [1.807, 2.05) is 73.9 Å². The van der Waals surface area contributed by atoms with Gasteiger partial charge in [0.05, 0.1) is 0 Å². The van der Waals surface area contributed by atoms with E-state index in [9.17, 15) is 4.79 Å². The molecule has 102 valence electrons. The number of carbonyl (C=O) groups excluding carboxylic acids is 1. The maximum absolute atomic E-state index is 12.1. The van der Waals surface area contributed by atoms with Crippen LogP contribution >= 0.6 is 11.8 Å². The van der Waals surface area contributed by atoms with Gasteiger partial charge in [0.2, 0.25) is 0 Å². The molecule has 0 radical (unpaired) electrons. The van der Waals surface area contributed by atoms with Crippen LogP contribution in [0.15, 0.2) is 70.5 Å². The smallest absolute Gasteiger partial charge is 0.251 e. The summed E-state index contributed by atoms with van der Waals surface area (Å²) in [5, 5.41) is 4.80. The van der Waals surface area contributed by atoms with Gasteiger partial charge in [-0.25, -0.2) is 0 Å². The van der Waals surface area contributed by atoms with Crippen molar-refractivity contribution in [2.24, 2.45) is 0 Å². The van der Waals surface area contributed by atoms with Gasteiger partial charge in [-0.1, -0.05) is 48.2 Å². The molecule has 0 saturated carbocycles. The van der Waals surface area contributed by atoms with Gasteiger partial charge in [-0.3, -0.25) is 4.79 Å². The molecule has 0 saturated heterocycles. The first-order valence-electron chi connectivity index (χ1n) is 6.42. The highest BCUT2D eigenvalue weighted by Gasteiger charge is 2.06. The monoisotopic (exact) mass is 283 g/mol. The third kappa shape index (κ3) is 4.00. The molecule has 20 heavy (non-hydrogen) atoms. The molecule has 0 aliphatic heterocycles. The Bertz CT molecular complexity index is 620. The van der Waals surface area contributed by atoms with Crippen molar-refractivity contribution in [3.05, 3.63) is 71.1 Å². The van der Waals surface area contributed by atoms with Crippen molar-refractivity contribution in [2.45, 2.75) is 18.7 Å². The summed E-state index contributed by atoms with van der Waals surface area (Å²) in [7, 11) is 0. The molecule has 3 heteroatoms. The average molecular weight is 283 g/mol. The first kappa shape index (κ1) is 14.4. The fourth-order valence-corrected chi connectivity index (χ4v) is 2.38. The van der Waals surface area contributed by atoms with Gasteiger partial charge in [-0.2, -0.15) is 0 Å². The number of benzene rings is 2. The molecule has 0 heterocycles. The second-order valence-corrected chi connectivity index (χ2v) is 5.44. The van der Waals surface area contributed by atoms with Crippen molar-refractivity contribution in [2.75, 3.05) is 5.32 Å². The summed E-state index contributed by atoms with van der Waals surface area (Å²) in [6.07, 6.45) is 0. The van der Waals surface area contributed by atoms with Gasteiger partial charge in [0.25, 0.3) is 5.91 Å². The quantitative estimate of drug-likeness (QED) is 0.654. The van der Waals surface area contributed by atoms with Crippen LogP contribution in [0.4, 0.5) is 5.69 Å². The van der Waals surface area contributed by atoms with E-state index in [0.717, 1.165) is 16.1 Å². The molecule has 0 spiro atoms. The van der Waals surface area contributed by atoms with Crippen LogP contribution in [0.2, 0.25) is 0 Å². The van der Waals surface area contributed by atoms with Gasteiger partial charge in [-0.05, 0) is 43.0 Å². The molecule has 0 aromatic heterocycles. The van der Waals surface area contributed by atoms with E-state index in [-0.39, 0.29) is 5.91 Å². The number of anilines is 1. The zero-order valence-electron chi connectivity index (χ0n) is 11.6. The standard InChI is InChI=1S/C17H17NOS/c1-13-8-6-7-11-16(13)18-17(19)14(2)12-20-15-9-4-3-5-10-15/h3-12H,1-2H3,(H,18,19). The number of thioether (sulfide) groups is 1. The fourth-order valence-electron chi connectivity index (χ4n) is 1.64. The van der Waals surface area contributed by atoms with Gasteiger partial charge < -0.3 is 5.32 Å². The number of amides is 1. The van der Waals surface area contributed by atoms with Crippen molar-refractivity contribution in [1.29, 1.82) is 0 Å². The lowest BCUT2D eigenvalue weighted by atomic mass is 10.2. The van der Waals surface area contributed by atoms with E-state index in [1.54, 1.807) is 11.8 Å². The van der Waals surface area contributed by atoms with Crippen LogP contribution in [0.5, 0.6) is 0 Å². The molecular formula is C17H17NOS. The lowest BCUT2D eigenvalue weighted by molar-refractivity contribution is -0.112. The van der Waals surface area contributed by atoms with Crippen LogP contribution in [-0.2, 0) is 4.79 Å². The number of hydrogen-bond acceptors (Lipinski definition) is 2. The predicted molar refractivity (Wildman–Crippen MR) is 85.9 cm³/mol. The Morgan fingerprint density at radius 1 is 1.05 bits per heavy atom. The zero-order chi connectivity index (χ0) is 14.4. The van der Waals surface area contributed by atoms with Crippen molar-refractivity contribution in [3.8, 4) is 0 Å². The summed E-state index contributed by atoms with van der Waals surface area (Å²) in [6.45, 7) is 3.80. The number of hydrogen-bond donors (Lipinski definition) is 1. The Balaban J connectivity index is 2.00. The number of aryl methyl sites for hydroxylation is 1. The first-order valence-corrected chi connectivity index (χ1v) is 7.30. The lowest BCUT2D eigenvalue weighted by Gasteiger charge is -2.08. The molecule has 0 fully saturated rings. The van der Waals surface area contributed by atoms with E-state index in [0.29, 0.717) is 5.57 Å². The minimum Gasteiger partial charge on any atom is -0.322 e. The molecule has 0 aliphatic carbocycles. The molecule has 2 aromatic carbocycles. The predicted octanol–water partition coefficient (Wildman–Crippen LogP) is 4.63. The highest BCUT2D eigenvalue weighted by Crippen LogP contribution is 2.21. The van der Waals surface area contributed by atoms with Gasteiger partial charge in [0.15, 0.2) is 0 Å². The van der Waals surface area contributed by atoms with Crippen LogP contribution in [0.25, 0.3) is 0 Å². The van der Waals surface area contributed by atoms with Gasteiger partial charge in [0, 0.05) is 16.2 Å². The Kier molecular flexibility index (Phi) is 5.02. The van der Waals surface area contributed by atoms with Crippen molar-refractivity contribution in [1.82, 2.24) is 0 Å². The third-order valence-electron chi connectivity index (χ3n) is 2.87. The van der Waals surface area contributed by atoms with Crippen LogP contribution in [0, 0.1) is 6.92 Å². The second kappa shape index (κ2) is 6.96. The number of carbonyl (C=O) groups is 1. The highest BCUT2D eigenvalue weighted by atomic mass is 32.2. The topological polar surface area (TPSA) is 29.1 Å². The van der Waals surface area contributed by atoms with E-state index in [1.165, 1.54) is 0 Å². The Morgan fingerprint density at radius 3 is 2.40 bits per heavy atom. The maximum atomic E-state index is 12.1. The summed E-state index contributed by atoms with van der Waals surface area (Å²) in [6, 6.07) is 17.8. The molecule has 0 unspecified atom stereocenters. The number of para-hydroxylation sites is 1. The van der Waals surface area contributed by atoms with Crippen molar-refractivity contribution >= 4 is 23.4 Å². The maximum Gasteiger partial charge on any atom is 0.251 e. The highest BCUT2D eigenvalue weighted by molar-refractivity contribution is 8.02. The Morgan fingerprint density at radius 2 is 1.70 bits per heavy atom. The fraction of sp³-hybridized carbons (Fsp3) is 0.118. The van der Waals surface area contributed by atoms with E-state index in [4.69, 9.17) is 0 Å². The van der Waals surface area contributed by atoms with E-state index in [2.05, 4.69) is 5.32 Å².